The quantitative estimate of drug-likeness (QED) is 0.243. The smallest absolute Gasteiger partial charge is 0.416 e. The van der Waals surface area contributed by atoms with Crippen LogP contribution in [0.25, 0.3) is 6.08 Å². The minimum absolute atomic E-state index is 0.0669. The van der Waals surface area contributed by atoms with E-state index in [4.69, 9.17) is 19.2 Å². The molecule has 0 spiro atoms. The van der Waals surface area contributed by atoms with E-state index in [0.717, 1.165) is 24.2 Å². The molecule has 0 aromatic heterocycles. The highest BCUT2D eigenvalue weighted by Crippen LogP contribution is 2.36. The van der Waals surface area contributed by atoms with Gasteiger partial charge in [-0.05, 0) is 77.3 Å². The second-order valence-electron chi connectivity index (χ2n) is 8.87. The summed E-state index contributed by atoms with van der Waals surface area (Å²) >= 11 is 1.27. The van der Waals surface area contributed by atoms with Crippen molar-refractivity contribution >= 4 is 34.6 Å². The molecule has 40 heavy (non-hydrogen) atoms. The van der Waals surface area contributed by atoms with Gasteiger partial charge in [0.25, 0.3) is 5.91 Å². The van der Waals surface area contributed by atoms with E-state index in [1.54, 1.807) is 42.4 Å². The third kappa shape index (κ3) is 7.25. The number of hydrogen-bond donors (Lipinski definition) is 0. The largest absolute Gasteiger partial charge is 0.493 e. The Morgan fingerprint density at radius 1 is 0.975 bits per heavy atom. The van der Waals surface area contributed by atoms with Gasteiger partial charge in [0, 0.05) is 7.11 Å². The number of halogens is 3. The average Bonchev–Trinajstić information content (AvgIpc) is 3.24. The van der Waals surface area contributed by atoms with Gasteiger partial charge < -0.3 is 14.2 Å². The van der Waals surface area contributed by atoms with E-state index in [1.165, 1.54) is 30.5 Å². The standard InChI is InChI=1S/C30H29F3N2O4S/c1-4-20-8-11-24(12-9-20)34-29-35(14-15-37-2)28(36)27(40-29)18-21-10-13-25(26(17-21)38-3)39-19-22-6-5-7-23(16-22)30(31,32)33/h5-13,16-18H,4,14-15,19H2,1-3H3/b27-18+,34-29?. The Bertz CT molecular complexity index is 1400. The Kier molecular flexibility index (Phi) is 9.54. The number of ether oxygens (including phenoxy) is 3. The second-order valence-corrected chi connectivity index (χ2v) is 9.88. The summed E-state index contributed by atoms with van der Waals surface area (Å²) in [4.78, 5) is 20.0. The molecule has 1 heterocycles. The number of carbonyl (C=O) groups is 1. The predicted octanol–water partition coefficient (Wildman–Crippen LogP) is 7.11. The Labute approximate surface area is 235 Å². The third-order valence-electron chi connectivity index (χ3n) is 6.11. The maximum atomic E-state index is 13.3. The molecule has 1 amide bonds. The van der Waals surface area contributed by atoms with Crippen LogP contribution in [0.2, 0.25) is 0 Å². The van der Waals surface area contributed by atoms with Crippen molar-refractivity contribution in [3.8, 4) is 11.5 Å². The highest BCUT2D eigenvalue weighted by molar-refractivity contribution is 8.18. The molecule has 10 heteroatoms. The van der Waals surface area contributed by atoms with Crippen LogP contribution in [0, 0.1) is 0 Å². The molecule has 0 aliphatic carbocycles. The topological polar surface area (TPSA) is 60.4 Å². The molecule has 1 saturated heterocycles. The SMILES string of the molecule is CCc1ccc(N=C2S/C(=C/c3ccc(OCc4cccc(C(F)(F)F)c4)c(OC)c3)C(=O)N2CCOC)cc1. The van der Waals surface area contributed by atoms with Crippen molar-refractivity contribution in [2.24, 2.45) is 4.99 Å². The zero-order chi connectivity index (χ0) is 28.7. The molecule has 3 aromatic carbocycles. The summed E-state index contributed by atoms with van der Waals surface area (Å²) in [6.07, 6.45) is -1.76. The Hall–Kier alpha value is -3.76. The lowest BCUT2D eigenvalue weighted by Gasteiger charge is -2.14. The van der Waals surface area contributed by atoms with Crippen LogP contribution in [-0.2, 0) is 28.7 Å². The third-order valence-corrected chi connectivity index (χ3v) is 7.12. The predicted molar refractivity (Wildman–Crippen MR) is 151 cm³/mol. The number of methoxy groups -OCH3 is 2. The van der Waals surface area contributed by atoms with Crippen molar-refractivity contribution in [3.63, 3.8) is 0 Å². The van der Waals surface area contributed by atoms with Crippen LogP contribution in [-0.4, -0.2) is 43.3 Å². The van der Waals surface area contributed by atoms with Gasteiger partial charge in [0.15, 0.2) is 16.7 Å². The van der Waals surface area contributed by atoms with Crippen molar-refractivity contribution in [1.82, 2.24) is 4.90 Å². The fourth-order valence-electron chi connectivity index (χ4n) is 3.93. The first-order valence-corrected chi connectivity index (χ1v) is 13.4. The maximum absolute atomic E-state index is 13.3. The van der Waals surface area contributed by atoms with E-state index in [1.807, 2.05) is 24.3 Å². The number of benzene rings is 3. The molecule has 6 nitrogen and oxygen atoms in total. The Morgan fingerprint density at radius 3 is 2.42 bits per heavy atom. The van der Waals surface area contributed by atoms with Crippen molar-refractivity contribution < 1.29 is 32.2 Å². The monoisotopic (exact) mass is 570 g/mol. The van der Waals surface area contributed by atoms with Gasteiger partial charge in [-0.15, -0.1) is 0 Å². The number of nitrogens with zero attached hydrogens (tertiary/aromatic N) is 2. The summed E-state index contributed by atoms with van der Waals surface area (Å²) < 4.78 is 55.5. The van der Waals surface area contributed by atoms with Crippen LogP contribution < -0.4 is 9.47 Å². The number of amidine groups is 1. The van der Waals surface area contributed by atoms with E-state index in [2.05, 4.69) is 6.92 Å². The van der Waals surface area contributed by atoms with E-state index in [9.17, 15) is 18.0 Å². The summed E-state index contributed by atoms with van der Waals surface area (Å²) in [5, 5.41) is 0.561. The summed E-state index contributed by atoms with van der Waals surface area (Å²) in [5.41, 5.74) is 2.29. The summed E-state index contributed by atoms with van der Waals surface area (Å²) in [6, 6.07) is 18.0. The number of aryl methyl sites for hydroxylation is 1. The molecule has 0 radical (unpaired) electrons. The number of amides is 1. The minimum atomic E-state index is -4.43. The molecular formula is C30H29F3N2O4S. The first kappa shape index (κ1) is 29.2. The molecule has 0 bridgehead atoms. The fourth-order valence-corrected chi connectivity index (χ4v) is 4.96. The van der Waals surface area contributed by atoms with Crippen LogP contribution >= 0.6 is 11.8 Å². The van der Waals surface area contributed by atoms with Gasteiger partial charge in [-0.25, -0.2) is 4.99 Å². The number of alkyl halides is 3. The lowest BCUT2D eigenvalue weighted by atomic mass is 10.1. The first-order chi connectivity index (χ1) is 19.2. The molecule has 0 atom stereocenters. The van der Waals surface area contributed by atoms with Gasteiger partial charge in [-0.2, -0.15) is 13.2 Å². The number of carbonyl (C=O) groups excluding carboxylic acids is 1. The molecule has 210 valence electrons. The van der Waals surface area contributed by atoms with Crippen LogP contribution in [0.3, 0.4) is 0 Å². The van der Waals surface area contributed by atoms with Gasteiger partial charge in [0.05, 0.1) is 36.4 Å². The molecule has 0 N–H and O–H groups in total. The average molecular weight is 571 g/mol. The van der Waals surface area contributed by atoms with E-state index in [0.29, 0.717) is 45.9 Å². The van der Waals surface area contributed by atoms with E-state index < -0.39 is 11.7 Å². The van der Waals surface area contributed by atoms with Crippen LogP contribution in [0.5, 0.6) is 11.5 Å². The van der Waals surface area contributed by atoms with Crippen LogP contribution in [0.15, 0.2) is 76.6 Å². The Balaban J connectivity index is 1.54. The van der Waals surface area contributed by atoms with Crippen molar-refractivity contribution in [2.45, 2.75) is 26.1 Å². The highest BCUT2D eigenvalue weighted by Gasteiger charge is 2.33. The summed E-state index contributed by atoms with van der Waals surface area (Å²) in [6.45, 7) is 2.73. The zero-order valence-electron chi connectivity index (χ0n) is 22.3. The maximum Gasteiger partial charge on any atom is 0.416 e. The second kappa shape index (κ2) is 13.1. The summed E-state index contributed by atoms with van der Waals surface area (Å²) in [7, 11) is 3.05. The van der Waals surface area contributed by atoms with E-state index >= 15 is 0 Å². The molecule has 0 saturated carbocycles. The van der Waals surface area contributed by atoms with Crippen LogP contribution in [0.4, 0.5) is 18.9 Å². The highest BCUT2D eigenvalue weighted by atomic mass is 32.2. The van der Waals surface area contributed by atoms with Crippen molar-refractivity contribution in [2.75, 3.05) is 27.4 Å². The van der Waals surface area contributed by atoms with Gasteiger partial charge in [0.1, 0.15) is 6.61 Å². The number of rotatable bonds is 10. The van der Waals surface area contributed by atoms with Gasteiger partial charge in [-0.3, -0.25) is 9.69 Å². The van der Waals surface area contributed by atoms with Crippen LogP contribution in [0.1, 0.15) is 29.2 Å². The lowest BCUT2D eigenvalue weighted by Crippen LogP contribution is -2.32. The summed E-state index contributed by atoms with van der Waals surface area (Å²) in [5.74, 6) is 0.569. The number of thioether (sulfide) groups is 1. The van der Waals surface area contributed by atoms with Crippen molar-refractivity contribution in [3.05, 3.63) is 93.9 Å². The van der Waals surface area contributed by atoms with E-state index in [-0.39, 0.29) is 12.5 Å². The minimum Gasteiger partial charge on any atom is -0.493 e. The molecule has 3 aromatic rings. The normalized spacial score (nSPS) is 15.8. The lowest BCUT2D eigenvalue weighted by molar-refractivity contribution is -0.137. The Morgan fingerprint density at radius 2 is 1.75 bits per heavy atom. The number of aliphatic imine (C=N–C) groups is 1. The molecule has 1 aliphatic rings. The number of hydrogen-bond acceptors (Lipinski definition) is 6. The first-order valence-electron chi connectivity index (χ1n) is 12.6. The molecule has 1 fully saturated rings. The molecule has 1 aliphatic heterocycles. The fraction of sp³-hybridized carbons (Fsp3) is 0.267. The molecular weight excluding hydrogens is 541 g/mol. The van der Waals surface area contributed by atoms with Crippen molar-refractivity contribution in [1.29, 1.82) is 0 Å². The molecule has 0 unspecified atom stereocenters. The van der Waals surface area contributed by atoms with Gasteiger partial charge in [-0.1, -0.05) is 37.3 Å². The zero-order valence-corrected chi connectivity index (χ0v) is 23.1. The van der Waals surface area contributed by atoms with Gasteiger partial charge >= 0.3 is 6.18 Å². The molecule has 4 rings (SSSR count). The van der Waals surface area contributed by atoms with Gasteiger partial charge in [0.2, 0.25) is 0 Å².